The summed E-state index contributed by atoms with van der Waals surface area (Å²) in [6.45, 7) is 12.6. The molecule has 184 valence electrons. The van der Waals surface area contributed by atoms with E-state index in [2.05, 4.69) is 46.9 Å². The smallest absolute Gasteiger partial charge is 0.244 e. The van der Waals surface area contributed by atoms with Gasteiger partial charge in [-0.2, -0.15) is 0 Å². The number of carbonyl (C=O) groups is 1. The molecule has 0 radical (unpaired) electrons. The third-order valence-electron chi connectivity index (χ3n) is 6.78. The van der Waals surface area contributed by atoms with Crippen molar-refractivity contribution in [3.63, 3.8) is 0 Å². The average molecular weight is 474 g/mol. The van der Waals surface area contributed by atoms with E-state index >= 15 is 0 Å². The number of phenols is 1. The van der Waals surface area contributed by atoms with Gasteiger partial charge in [-0.15, -0.1) is 0 Å². The molecule has 5 nitrogen and oxygen atoms in total. The predicted molar refractivity (Wildman–Crippen MR) is 139 cm³/mol. The standard InChI is InChI=1S/C30H35NO4/c1-28(2,3)19-11-13-25(33)22(17-19)30(21-9-7-8-10-24(21)31-27(30)34)23-18-20(29(4,5)6)12-14-26(23)35-16-15-32/h7-14,17-18,32-33H,15-16H2,1-6H3,(H,31,34)/t30-/m1/s1. The van der Waals surface area contributed by atoms with Gasteiger partial charge >= 0.3 is 0 Å². The average Bonchev–Trinajstić information content (AvgIpc) is 3.08. The zero-order chi connectivity index (χ0) is 25.6. The third kappa shape index (κ3) is 4.19. The lowest BCUT2D eigenvalue weighted by Crippen LogP contribution is -2.38. The number of hydrogen-bond donors (Lipinski definition) is 3. The minimum Gasteiger partial charge on any atom is -0.508 e. The Morgan fingerprint density at radius 2 is 1.43 bits per heavy atom. The molecule has 0 fully saturated rings. The molecule has 4 rings (SSSR count). The Hall–Kier alpha value is -3.31. The van der Waals surface area contributed by atoms with Gasteiger partial charge in [-0.05, 0) is 52.3 Å². The molecule has 0 spiro atoms. The minimum absolute atomic E-state index is 0.0409. The van der Waals surface area contributed by atoms with Gasteiger partial charge < -0.3 is 20.3 Å². The molecule has 1 aliphatic heterocycles. The SMILES string of the molecule is CC(C)(C)c1ccc(O)c([C@]2(c3cc(C(C)(C)C)ccc3OCCO)C(=O)Nc3ccccc32)c1. The van der Waals surface area contributed by atoms with Crippen molar-refractivity contribution in [3.05, 3.63) is 88.5 Å². The van der Waals surface area contributed by atoms with Gasteiger partial charge in [-0.25, -0.2) is 0 Å². The molecular formula is C30H35NO4. The summed E-state index contributed by atoms with van der Waals surface area (Å²) in [7, 11) is 0. The maximum atomic E-state index is 14.1. The normalized spacial score (nSPS) is 17.7. The number of fused-ring (bicyclic) bond motifs is 1. The molecule has 1 aliphatic rings. The van der Waals surface area contributed by atoms with Crippen LogP contribution in [0.4, 0.5) is 5.69 Å². The van der Waals surface area contributed by atoms with Crippen LogP contribution in [0.25, 0.3) is 0 Å². The Bertz CT molecular complexity index is 1270. The number of carbonyl (C=O) groups excluding carboxylic acids is 1. The molecule has 0 saturated heterocycles. The highest BCUT2D eigenvalue weighted by molar-refractivity contribution is 6.12. The summed E-state index contributed by atoms with van der Waals surface area (Å²) in [6.07, 6.45) is 0. The first-order valence-corrected chi connectivity index (χ1v) is 12.0. The van der Waals surface area contributed by atoms with E-state index in [-0.39, 0.29) is 35.7 Å². The fourth-order valence-corrected chi connectivity index (χ4v) is 4.81. The van der Waals surface area contributed by atoms with Gasteiger partial charge in [0.15, 0.2) is 0 Å². The second kappa shape index (κ2) is 8.72. The molecular weight excluding hydrogens is 438 g/mol. The zero-order valence-electron chi connectivity index (χ0n) is 21.4. The van der Waals surface area contributed by atoms with Crippen molar-refractivity contribution in [1.82, 2.24) is 0 Å². The van der Waals surface area contributed by atoms with Gasteiger partial charge in [0.1, 0.15) is 23.5 Å². The summed E-state index contributed by atoms with van der Waals surface area (Å²) in [5, 5.41) is 23.8. The van der Waals surface area contributed by atoms with E-state index in [0.717, 1.165) is 16.7 Å². The summed E-state index contributed by atoms with van der Waals surface area (Å²) < 4.78 is 6.00. The molecule has 0 unspecified atom stereocenters. The zero-order valence-corrected chi connectivity index (χ0v) is 21.4. The first-order valence-electron chi connectivity index (χ1n) is 12.0. The van der Waals surface area contributed by atoms with Crippen LogP contribution < -0.4 is 10.1 Å². The van der Waals surface area contributed by atoms with Gasteiger partial charge in [0.25, 0.3) is 0 Å². The van der Waals surface area contributed by atoms with E-state index in [0.29, 0.717) is 22.6 Å². The lowest BCUT2D eigenvalue weighted by atomic mass is 9.67. The Morgan fingerprint density at radius 3 is 2.06 bits per heavy atom. The Labute approximate surface area is 207 Å². The fourth-order valence-electron chi connectivity index (χ4n) is 4.81. The van der Waals surface area contributed by atoms with Crippen molar-refractivity contribution in [1.29, 1.82) is 0 Å². The number of ether oxygens (including phenoxy) is 1. The van der Waals surface area contributed by atoms with Crippen molar-refractivity contribution in [2.45, 2.75) is 57.8 Å². The number of aromatic hydroxyl groups is 1. The number of benzene rings is 3. The summed E-state index contributed by atoms with van der Waals surface area (Å²) >= 11 is 0. The van der Waals surface area contributed by atoms with Crippen LogP contribution in [0.3, 0.4) is 0 Å². The molecule has 35 heavy (non-hydrogen) atoms. The fraction of sp³-hybridized carbons (Fsp3) is 0.367. The number of aliphatic hydroxyl groups is 1. The van der Waals surface area contributed by atoms with Gasteiger partial charge in [0.05, 0.1) is 6.61 Å². The lowest BCUT2D eigenvalue weighted by molar-refractivity contribution is -0.118. The number of aliphatic hydroxyl groups excluding tert-OH is 1. The molecule has 0 bridgehead atoms. The molecule has 3 aromatic carbocycles. The molecule has 1 heterocycles. The number of rotatable bonds is 5. The van der Waals surface area contributed by atoms with Gasteiger partial charge in [0, 0.05) is 22.4 Å². The van der Waals surface area contributed by atoms with E-state index in [1.165, 1.54) is 0 Å². The quantitative estimate of drug-likeness (QED) is 0.448. The maximum absolute atomic E-state index is 14.1. The second-order valence-corrected chi connectivity index (χ2v) is 11.3. The van der Waals surface area contributed by atoms with Crippen LogP contribution in [0, 0.1) is 0 Å². The molecule has 3 N–H and O–H groups in total. The Kier molecular flexibility index (Phi) is 6.18. The Balaban J connectivity index is 2.15. The van der Waals surface area contributed by atoms with Crippen molar-refractivity contribution in [3.8, 4) is 11.5 Å². The van der Waals surface area contributed by atoms with E-state index < -0.39 is 5.41 Å². The molecule has 0 aliphatic carbocycles. The number of amides is 1. The Morgan fingerprint density at radius 1 is 0.829 bits per heavy atom. The van der Waals surface area contributed by atoms with Crippen molar-refractivity contribution < 1.29 is 19.7 Å². The van der Waals surface area contributed by atoms with Crippen molar-refractivity contribution in [2.24, 2.45) is 0 Å². The van der Waals surface area contributed by atoms with Gasteiger partial charge in [-0.1, -0.05) is 71.9 Å². The summed E-state index contributed by atoms with van der Waals surface area (Å²) in [5.74, 6) is 0.290. The third-order valence-corrected chi connectivity index (χ3v) is 6.78. The number of anilines is 1. The van der Waals surface area contributed by atoms with E-state index in [1.807, 2.05) is 54.6 Å². The molecule has 3 aromatic rings. The number of nitrogens with one attached hydrogen (secondary N) is 1. The number of para-hydroxylation sites is 1. The maximum Gasteiger partial charge on any atom is 0.244 e. The highest BCUT2D eigenvalue weighted by Gasteiger charge is 2.53. The van der Waals surface area contributed by atoms with Crippen LogP contribution in [-0.2, 0) is 21.0 Å². The van der Waals surface area contributed by atoms with Crippen molar-refractivity contribution >= 4 is 11.6 Å². The first-order chi connectivity index (χ1) is 16.4. The van der Waals surface area contributed by atoms with E-state index in [4.69, 9.17) is 4.74 Å². The second-order valence-electron chi connectivity index (χ2n) is 11.3. The van der Waals surface area contributed by atoms with Crippen LogP contribution in [0.15, 0.2) is 60.7 Å². The highest BCUT2D eigenvalue weighted by Crippen LogP contribution is 2.53. The molecule has 5 heteroatoms. The van der Waals surface area contributed by atoms with Gasteiger partial charge in [-0.3, -0.25) is 4.79 Å². The predicted octanol–water partition coefficient (Wildman–Crippen LogP) is 5.64. The van der Waals surface area contributed by atoms with Gasteiger partial charge in [0.2, 0.25) is 5.91 Å². The molecule has 0 aromatic heterocycles. The van der Waals surface area contributed by atoms with Crippen LogP contribution in [0.1, 0.15) is 69.4 Å². The number of hydrogen-bond acceptors (Lipinski definition) is 4. The lowest BCUT2D eigenvalue weighted by Gasteiger charge is -2.34. The van der Waals surface area contributed by atoms with E-state index in [1.54, 1.807) is 6.07 Å². The van der Waals surface area contributed by atoms with Crippen LogP contribution in [0.5, 0.6) is 11.5 Å². The highest BCUT2D eigenvalue weighted by atomic mass is 16.5. The first kappa shape index (κ1) is 24.8. The van der Waals surface area contributed by atoms with Crippen LogP contribution in [-0.4, -0.2) is 29.3 Å². The summed E-state index contributed by atoms with van der Waals surface area (Å²) in [4.78, 5) is 14.1. The largest absolute Gasteiger partial charge is 0.508 e. The minimum atomic E-state index is -1.34. The molecule has 1 atom stereocenters. The monoisotopic (exact) mass is 473 g/mol. The topological polar surface area (TPSA) is 78.8 Å². The van der Waals surface area contributed by atoms with Crippen LogP contribution in [0.2, 0.25) is 0 Å². The van der Waals surface area contributed by atoms with Crippen LogP contribution >= 0.6 is 0 Å². The summed E-state index contributed by atoms with van der Waals surface area (Å²) in [6, 6.07) is 19.0. The molecule has 1 amide bonds. The van der Waals surface area contributed by atoms with Crippen molar-refractivity contribution in [2.75, 3.05) is 18.5 Å². The van der Waals surface area contributed by atoms with E-state index in [9.17, 15) is 15.0 Å². The number of phenolic OH excluding ortho intramolecular Hbond substituents is 1. The summed E-state index contributed by atoms with van der Waals surface area (Å²) in [5.41, 5.74) is 2.93. The molecule has 0 saturated carbocycles.